The highest BCUT2D eigenvalue weighted by Gasteiger charge is 2.29. The molecule has 2 aliphatic rings. The molecule has 3 aromatic rings. The number of aromatic nitrogens is 1. The maximum atomic E-state index is 14.0. The molecule has 9 heteroatoms. The number of nitrogens with zero attached hydrogens (tertiary/aromatic N) is 3. The number of hydrogen-bond acceptors (Lipinski definition) is 5. The molecule has 0 saturated carbocycles. The molecule has 5 rings (SSSR count). The summed E-state index contributed by atoms with van der Waals surface area (Å²) in [5, 5.41) is 0.212. The number of anilines is 1. The van der Waals surface area contributed by atoms with Gasteiger partial charge in [-0.3, -0.25) is 4.79 Å². The second-order valence-electron chi connectivity index (χ2n) is 10.7. The van der Waals surface area contributed by atoms with E-state index >= 15 is 0 Å². The van der Waals surface area contributed by atoms with E-state index < -0.39 is 11.9 Å². The van der Waals surface area contributed by atoms with Crippen molar-refractivity contribution in [3.8, 4) is 16.9 Å². The number of likely N-dealkylation sites (tertiary alicyclic amines) is 2. The fourth-order valence-corrected chi connectivity index (χ4v) is 6.42. The number of carbonyl (C=O) groups excluding carboxylic acids is 1. The number of piperidine rings is 2. The highest BCUT2D eigenvalue weighted by molar-refractivity contribution is 6.36. The Bertz CT molecular complexity index is 1350. The summed E-state index contributed by atoms with van der Waals surface area (Å²) >= 11 is 12.4. The predicted octanol–water partition coefficient (Wildman–Crippen LogP) is 7.40. The smallest absolute Gasteiger partial charge is 0.254 e. The van der Waals surface area contributed by atoms with Crippen LogP contribution in [0.3, 0.4) is 0 Å². The van der Waals surface area contributed by atoms with Crippen LogP contribution in [0, 0.1) is 5.82 Å². The highest BCUT2D eigenvalue weighted by atomic mass is 35.5. The first-order valence-electron chi connectivity index (χ1n) is 14.0. The molecule has 2 N–H and O–H groups in total. The van der Waals surface area contributed by atoms with Crippen LogP contribution in [0.1, 0.15) is 67.5 Å². The lowest BCUT2D eigenvalue weighted by Crippen LogP contribution is -2.50. The lowest BCUT2D eigenvalue weighted by atomic mass is 9.98. The van der Waals surface area contributed by atoms with Gasteiger partial charge in [-0.1, -0.05) is 41.8 Å². The summed E-state index contributed by atoms with van der Waals surface area (Å²) in [7, 11) is 0. The maximum Gasteiger partial charge on any atom is 0.254 e. The quantitative estimate of drug-likeness (QED) is 0.293. The van der Waals surface area contributed by atoms with Gasteiger partial charge in [-0.05, 0) is 88.0 Å². The standard InChI is InChI=1S/C31H35Cl2FN4O2/c1-20(28-25(32)12-13-26(34)29(28)33)40-27-17-23(18-36-30(27)35)21-8-10-22(11-9-21)31(39)38-16-6-3-7-24(38)19-37-14-4-2-5-15-37/h8-13,17-18,20,24H,2-7,14-16,19H2,1H3,(H2,35,36). The molecule has 2 atom stereocenters. The molecule has 3 heterocycles. The van der Waals surface area contributed by atoms with Crippen molar-refractivity contribution in [2.24, 2.45) is 0 Å². The van der Waals surface area contributed by atoms with E-state index in [-0.39, 0.29) is 22.8 Å². The largest absolute Gasteiger partial charge is 0.482 e. The molecule has 6 nitrogen and oxygen atoms in total. The Morgan fingerprint density at radius 2 is 1.77 bits per heavy atom. The van der Waals surface area contributed by atoms with Gasteiger partial charge in [-0.2, -0.15) is 0 Å². The van der Waals surface area contributed by atoms with Crippen molar-refractivity contribution in [1.29, 1.82) is 0 Å². The number of pyridine rings is 1. The monoisotopic (exact) mass is 584 g/mol. The summed E-state index contributed by atoms with van der Waals surface area (Å²) in [6.07, 6.45) is 8.08. The number of rotatable bonds is 7. The van der Waals surface area contributed by atoms with Crippen molar-refractivity contribution in [1.82, 2.24) is 14.8 Å². The summed E-state index contributed by atoms with van der Waals surface area (Å²) in [6, 6.07) is 12.3. The van der Waals surface area contributed by atoms with Crippen LogP contribution < -0.4 is 10.5 Å². The summed E-state index contributed by atoms with van der Waals surface area (Å²) in [5.74, 6) is 0.0325. The highest BCUT2D eigenvalue weighted by Crippen LogP contribution is 2.37. The Balaban J connectivity index is 1.31. The topological polar surface area (TPSA) is 71.7 Å². The lowest BCUT2D eigenvalue weighted by Gasteiger charge is -2.39. The molecule has 212 valence electrons. The second kappa shape index (κ2) is 12.8. The van der Waals surface area contributed by atoms with E-state index in [1.165, 1.54) is 37.8 Å². The van der Waals surface area contributed by atoms with Gasteiger partial charge in [0, 0.05) is 47.0 Å². The van der Waals surface area contributed by atoms with Gasteiger partial charge >= 0.3 is 0 Å². The number of amides is 1. The minimum atomic E-state index is -0.669. The lowest BCUT2D eigenvalue weighted by molar-refractivity contribution is 0.0529. The number of nitrogens with two attached hydrogens (primary N) is 1. The number of carbonyl (C=O) groups is 1. The van der Waals surface area contributed by atoms with E-state index in [0.29, 0.717) is 21.9 Å². The SMILES string of the molecule is CC(Oc1cc(-c2ccc(C(=O)N3CCCCC3CN3CCCCC3)cc2)cnc1N)c1c(Cl)ccc(F)c1Cl. The Morgan fingerprint density at radius 1 is 1.05 bits per heavy atom. The maximum absolute atomic E-state index is 14.0. The first kappa shape index (κ1) is 28.7. The van der Waals surface area contributed by atoms with Crippen LogP contribution in [0.2, 0.25) is 10.0 Å². The predicted molar refractivity (Wildman–Crippen MR) is 159 cm³/mol. The minimum absolute atomic E-state index is 0.0881. The Morgan fingerprint density at radius 3 is 2.52 bits per heavy atom. The van der Waals surface area contributed by atoms with E-state index in [2.05, 4.69) is 14.8 Å². The zero-order valence-corrected chi connectivity index (χ0v) is 24.2. The van der Waals surface area contributed by atoms with E-state index in [4.69, 9.17) is 33.7 Å². The third-order valence-corrected chi connectivity index (χ3v) is 8.66. The minimum Gasteiger partial charge on any atom is -0.482 e. The van der Waals surface area contributed by atoms with Gasteiger partial charge < -0.3 is 20.3 Å². The zero-order chi connectivity index (χ0) is 28.2. The number of halogens is 3. The molecule has 2 aromatic carbocycles. The number of ether oxygens (including phenoxy) is 1. The number of hydrogen-bond donors (Lipinski definition) is 1. The Labute approximate surface area is 245 Å². The van der Waals surface area contributed by atoms with Crippen LogP contribution in [0.5, 0.6) is 5.75 Å². The molecule has 40 heavy (non-hydrogen) atoms. The molecule has 0 spiro atoms. The summed E-state index contributed by atoms with van der Waals surface area (Å²) < 4.78 is 20.1. The van der Waals surface area contributed by atoms with Crippen LogP contribution in [-0.4, -0.2) is 52.9 Å². The van der Waals surface area contributed by atoms with Crippen LogP contribution in [0.15, 0.2) is 48.7 Å². The zero-order valence-electron chi connectivity index (χ0n) is 22.7. The number of benzene rings is 2. The fraction of sp³-hybridized carbons (Fsp3) is 0.419. The van der Waals surface area contributed by atoms with Gasteiger partial charge in [0.1, 0.15) is 11.9 Å². The molecule has 2 aliphatic heterocycles. The molecule has 2 fully saturated rings. The molecule has 0 aliphatic carbocycles. The third-order valence-electron chi connectivity index (χ3n) is 7.94. The molecule has 2 unspecified atom stereocenters. The van der Waals surface area contributed by atoms with Crippen molar-refractivity contribution in [2.75, 3.05) is 31.9 Å². The van der Waals surface area contributed by atoms with Gasteiger partial charge in [0.25, 0.3) is 5.91 Å². The van der Waals surface area contributed by atoms with Crippen molar-refractivity contribution in [2.45, 2.75) is 57.6 Å². The van der Waals surface area contributed by atoms with E-state index in [0.717, 1.165) is 50.1 Å². The van der Waals surface area contributed by atoms with E-state index in [1.54, 1.807) is 19.2 Å². The average molecular weight is 586 g/mol. The first-order chi connectivity index (χ1) is 19.3. The van der Waals surface area contributed by atoms with E-state index in [9.17, 15) is 9.18 Å². The van der Waals surface area contributed by atoms with Gasteiger partial charge in [0.15, 0.2) is 11.6 Å². The van der Waals surface area contributed by atoms with Gasteiger partial charge in [-0.25, -0.2) is 9.37 Å². The molecule has 1 amide bonds. The van der Waals surface area contributed by atoms with E-state index in [1.807, 2.05) is 24.3 Å². The van der Waals surface area contributed by atoms with Crippen molar-refractivity contribution >= 4 is 34.9 Å². The second-order valence-corrected chi connectivity index (χ2v) is 11.5. The van der Waals surface area contributed by atoms with Gasteiger partial charge in [0.05, 0.1) is 5.02 Å². The molecular formula is C31H35Cl2FN4O2. The molecule has 0 bridgehead atoms. The van der Waals surface area contributed by atoms with Crippen molar-refractivity contribution < 1.29 is 13.9 Å². The van der Waals surface area contributed by atoms with Crippen molar-refractivity contribution in [3.63, 3.8) is 0 Å². The summed E-state index contributed by atoms with van der Waals surface area (Å²) in [4.78, 5) is 22.4. The van der Waals surface area contributed by atoms with Crippen LogP contribution in [0.4, 0.5) is 10.2 Å². The van der Waals surface area contributed by atoms with Gasteiger partial charge in [0.2, 0.25) is 0 Å². The Kier molecular flexibility index (Phi) is 9.13. The summed E-state index contributed by atoms with van der Waals surface area (Å²) in [6.45, 7) is 5.76. The van der Waals surface area contributed by atoms with Crippen LogP contribution >= 0.6 is 23.2 Å². The Hall–Kier alpha value is -2.87. The molecular weight excluding hydrogens is 550 g/mol. The fourth-order valence-electron chi connectivity index (χ4n) is 5.74. The molecule has 1 aromatic heterocycles. The number of nitrogen functional groups attached to an aromatic ring is 1. The third kappa shape index (κ3) is 6.37. The van der Waals surface area contributed by atoms with Crippen LogP contribution in [0.25, 0.3) is 11.1 Å². The molecule has 0 radical (unpaired) electrons. The van der Waals surface area contributed by atoms with Gasteiger partial charge in [-0.15, -0.1) is 0 Å². The average Bonchev–Trinajstić information content (AvgIpc) is 2.97. The molecule has 2 saturated heterocycles. The summed E-state index contributed by atoms with van der Waals surface area (Å²) in [5.41, 5.74) is 8.75. The van der Waals surface area contributed by atoms with Crippen molar-refractivity contribution in [3.05, 3.63) is 75.7 Å². The van der Waals surface area contributed by atoms with Crippen LogP contribution in [-0.2, 0) is 0 Å². The first-order valence-corrected chi connectivity index (χ1v) is 14.8. The normalized spacial score (nSPS) is 18.9.